The van der Waals surface area contributed by atoms with Crippen molar-refractivity contribution in [1.29, 1.82) is 0 Å². The summed E-state index contributed by atoms with van der Waals surface area (Å²) in [7, 11) is -3.47. The number of nitrogen functional groups attached to an aromatic ring is 1. The van der Waals surface area contributed by atoms with Crippen molar-refractivity contribution in [3.8, 4) is 0 Å². The van der Waals surface area contributed by atoms with Gasteiger partial charge in [-0.2, -0.15) is 12.7 Å². The van der Waals surface area contributed by atoms with Gasteiger partial charge in [0.1, 0.15) is 0 Å². The molecule has 0 spiro atoms. The number of nitrogens with two attached hydrogens (primary N) is 1. The van der Waals surface area contributed by atoms with Gasteiger partial charge in [0.15, 0.2) is 0 Å². The number of hydrogen-bond acceptors (Lipinski definition) is 3. The first-order valence-corrected chi connectivity index (χ1v) is 8.52. The Hall–Kier alpha value is -1.27. The highest BCUT2D eigenvalue weighted by Gasteiger charge is 2.26. The highest BCUT2D eigenvalue weighted by atomic mass is 32.2. The largest absolute Gasteiger partial charge is 0.398 e. The molecule has 6 heteroatoms. The Balaban J connectivity index is 2.10. The molecule has 1 aliphatic rings. The van der Waals surface area contributed by atoms with Gasteiger partial charge in [-0.3, -0.25) is 4.72 Å². The van der Waals surface area contributed by atoms with Gasteiger partial charge in [0.2, 0.25) is 0 Å². The second-order valence-corrected chi connectivity index (χ2v) is 7.13. The maximum atomic E-state index is 12.3. The predicted octanol–water partition coefficient (Wildman–Crippen LogP) is 2.22. The van der Waals surface area contributed by atoms with Crippen LogP contribution in [0.3, 0.4) is 0 Å². The molecule has 1 saturated heterocycles. The highest BCUT2D eigenvalue weighted by Crippen LogP contribution is 2.23. The number of nitrogens with zero attached hydrogens (tertiary/aromatic N) is 1. The Kier molecular flexibility index (Phi) is 4.55. The van der Waals surface area contributed by atoms with Crippen molar-refractivity contribution in [3.63, 3.8) is 0 Å². The zero-order valence-electron chi connectivity index (χ0n) is 12.1. The van der Waals surface area contributed by atoms with Gasteiger partial charge in [0.25, 0.3) is 0 Å². The zero-order chi connectivity index (χ0) is 14.8. The minimum atomic E-state index is -3.47. The van der Waals surface area contributed by atoms with Gasteiger partial charge >= 0.3 is 10.2 Å². The first kappa shape index (κ1) is 15.1. The molecule has 0 saturated carbocycles. The average Bonchev–Trinajstić information content (AvgIpc) is 2.39. The molecule has 2 rings (SSSR count). The van der Waals surface area contributed by atoms with Crippen LogP contribution in [0, 0.1) is 5.92 Å². The van der Waals surface area contributed by atoms with E-state index in [1.165, 1.54) is 4.31 Å². The molecule has 20 heavy (non-hydrogen) atoms. The SMILES string of the molecule is CCc1ccc(NS(=O)(=O)N2CCC(C)CC2)cc1N. The van der Waals surface area contributed by atoms with E-state index in [0.29, 0.717) is 30.4 Å². The van der Waals surface area contributed by atoms with E-state index in [1.54, 1.807) is 12.1 Å². The fourth-order valence-corrected chi connectivity index (χ4v) is 3.66. The van der Waals surface area contributed by atoms with Crippen LogP contribution >= 0.6 is 0 Å². The normalized spacial score (nSPS) is 18.1. The maximum absolute atomic E-state index is 12.3. The summed E-state index contributed by atoms with van der Waals surface area (Å²) in [6.45, 7) is 5.34. The van der Waals surface area contributed by atoms with Crippen molar-refractivity contribution in [3.05, 3.63) is 23.8 Å². The predicted molar refractivity (Wildman–Crippen MR) is 82.7 cm³/mol. The number of rotatable bonds is 4. The molecule has 1 aromatic rings. The van der Waals surface area contributed by atoms with E-state index in [1.807, 2.05) is 13.0 Å². The molecule has 5 nitrogen and oxygen atoms in total. The summed E-state index contributed by atoms with van der Waals surface area (Å²) in [6, 6.07) is 5.31. The number of anilines is 2. The molecule has 1 fully saturated rings. The van der Waals surface area contributed by atoms with E-state index in [9.17, 15) is 8.42 Å². The van der Waals surface area contributed by atoms with E-state index < -0.39 is 10.2 Å². The van der Waals surface area contributed by atoms with Crippen LogP contribution < -0.4 is 10.5 Å². The third-order valence-corrected chi connectivity index (χ3v) is 5.39. The smallest absolute Gasteiger partial charge is 0.301 e. The molecule has 1 aromatic carbocycles. The van der Waals surface area contributed by atoms with Crippen molar-refractivity contribution in [2.24, 2.45) is 5.92 Å². The van der Waals surface area contributed by atoms with Crippen molar-refractivity contribution < 1.29 is 8.42 Å². The lowest BCUT2D eigenvalue weighted by atomic mass is 10.0. The van der Waals surface area contributed by atoms with Gasteiger partial charge in [-0.05, 0) is 42.9 Å². The fraction of sp³-hybridized carbons (Fsp3) is 0.571. The summed E-state index contributed by atoms with van der Waals surface area (Å²) in [6.07, 6.45) is 2.67. The molecule has 0 aliphatic carbocycles. The fourth-order valence-electron chi connectivity index (χ4n) is 2.42. The lowest BCUT2D eigenvalue weighted by molar-refractivity contribution is 0.289. The number of benzene rings is 1. The van der Waals surface area contributed by atoms with Gasteiger partial charge in [0.05, 0.1) is 5.69 Å². The average molecular weight is 297 g/mol. The maximum Gasteiger partial charge on any atom is 0.301 e. The number of piperidine rings is 1. The van der Waals surface area contributed by atoms with E-state index in [-0.39, 0.29) is 0 Å². The van der Waals surface area contributed by atoms with Crippen LogP contribution in [0.15, 0.2) is 18.2 Å². The van der Waals surface area contributed by atoms with Crippen LogP contribution in [0.1, 0.15) is 32.3 Å². The Morgan fingerprint density at radius 3 is 2.55 bits per heavy atom. The van der Waals surface area contributed by atoms with Crippen LogP contribution in [-0.2, 0) is 16.6 Å². The monoisotopic (exact) mass is 297 g/mol. The van der Waals surface area contributed by atoms with Crippen molar-refractivity contribution in [2.75, 3.05) is 23.5 Å². The minimum Gasteiger partial charge on any atom is -0.398 e. The second kappa shape index (κ2) is 6.01. The Morgan fingerprint density at radius 1 is 1.35 bits per heavy atom. The summed E-state index contributed by atoms with van der Waals surface area (Å²) in [4.78, 5) is 0. The Labute approximate surface area is 121 Å². The van der Waals surface area contributed by atoms with Gasteiger partial charge in [-0.15, -0.1) is 0 Å². The lowest BCUT2D eigenvalue weighted by Crippen LogP contribution is -2.41. The zero-order valence-corrected chi connectivity index (χ0v) is 12.9. The first-order chi connectivity index (χ1) is 9.42. The molecule has 0 atom stereocenters. The molecule has 1 aliphatic heterocycles. The summed E-state index contributed by atoms with van der Waals surface area (Å²) in [5, 5.41) is 0. The Morgan fingerprint density at radius 2 is 2.00 bits per heavy atom. The number of hydrogen-bond donors (Lipinski definition) is 2. The third kappa shape index (κ3) is 3.43. The summed E-state index contributed by atoms with van der Waals surface area (Å²) >= 11 is 0. The van der Waals surface area contributed by atoms with Gasteiger partial charge in [-0.1, -0.05) is 19.9 Å². The molecule has 0 amide bonds. The standard InChI is InChI=1S/C14H23N3O2S/c1-3-12-4-5-13(10-14(12)15)16-20(18,19)17-8-6-11(2)7-9-17/h4-5,10-11,16H,3,6-9,15H2,1-2H3. The lowest BCUT2D eigenvalue weighted by Gasteiger charge is -2.29. The topological polar surface area (TPSA) is 75.4 Å². The molecule has 0 radical (unpaired) electrons. The summed E-state index contributed by atoms with van der Waals surface area (Å²) in [5.74, 6) is 0.598. The van der Waals surface area contributed by atoms with Crippen LogP contribution in [-0.4, -0.2) is 25.8 Å². The van der Waals surface area contributed by atoms with Gasteiger partial charge < -0.3 is 5.73 Å². The second-order valence-electron chi connectivity index (χ2n) is 5.46. The summed E-state index contributed by atoms with van der Waals surface area (Å²) < 4.78 is 28.7. The summed E-state index contributed by atoms with van der Waals surface area (Å²) in [5.41, 5.74) is 8.08. The molecule has 1 heterocycles. The van der Waals surface area contributed by atoms with E-state index >= 15 is 0 Å². The van der Waals surface area contributed by atoms with Gasteiger partial charge in [0, 0.05) is 18.8 Å². The molecular formula is C14H23N3O2S. The van der Waals surface area contributed by atoms with Crippen LogP contribution in [0.2, 0.25) is 0 Å². The Bertz CT molecular complexity index is 564. The van der Waals surface area contributed by atoms with Crippen molar-refractivity contribution in [2.45, 2.75) is 33.1 Å². The molecule has 0 bridgehead atoms. The third-order valence-electron chi connectivity index (χ3n) is 3.86. The van der Waals surface area contributed by atoms with Crippen molar-refractivity contribution in [1.82, 2.24) is 4.31 Å². The van der Waals surface area contributed by atoms with Gasteiger partial charge in [-0.25, -0.2) is 0 Å². The molecule has 3 N–H and O–H groups in total. The van der Waals surface area contributed by atoms with E-state index in [4.69, 9.17) is 5.73 Å². The molecular weight excluding hydrogens is 274 g/mol. The number of nitrogens with one attached hydrogen (secondary N) is 1. The van der Waals surface area contributed by atoms with Crippen LogP contribution in [0.25, 0.3) is 0 Å². The first-order valence-electron chi connectivity index (χ1n) is 7.08. The molecule has 0 unspecified atom stereocenters. The molecule has 0 aromatic heterocycles. The van der Waals surface area contributed by atoms with E-state index in [0.717, 1.165) is 24.8 Å². The number of aryl methyl sites for hydroxylation is 1. The van der Waals surface area contributed by atoms with E-state index in [2.05, 4.69) is 11.6 Å². The van der Waals surface area contributed by atoms with Crippen LogP contribution in [0.4, 0.5) is 11.4 Å². The van der Waals surface area contributed by atoms with Crippen molar-refractivity contribution >= 4 is 21.6 Å². The highest BCUT2D eigenvalue weighted by molar-refractivity contribution is 7.90. The molecule has 112 valence electrons. The quantitative estimate of drug-likeness (QED) is 0.837. The van der Waals surface area contributed by atoms with Crippen LogP contribution in [0.5, 0.6) is 0 Å². The minimum absolute atomic E-state index is 0.526.